The van der Waals surface area contributed by atoms with Crippen molar-refractivity contribution in [1.82, 2.24) is 5.32 Å². The van der Waals surface area contributed by atoms with Crippen molar-refractivity contribution in [3.05, 3.63) is 29.8 Å². The molecule has 0 bridgehead atoms. The minimum Gasteiger partial charge on any atom is -0.398 e. The highest BCUT2D eigenvalue weighted by molar-refractivity contribution is 5.99. The van der Waals surface area contributed by atoms with E-state index >= 15 is 0 Å². The number of benzene rings is 1. The molecule has 100 valence electrons. The van der Waals surface area contributed by atoms with E-state index in [0.29, 0.717) is 23.2 Å². The molecule has 2 rings (SSSR count). The van der Waals surface area contributed by atoms with Crippen molar-refractivity contribution in [3.8, 4) is 0 Å². The summed E-state index contributed by atoms with van der Waals surface area (Å²) in [5.74, 6) is 0.671. The lowest BCUT2D eigenvalue weighted by Gasteiger charge is -2.27. The number of carbonyl (C=O) groups is 1. The Kier molecular flexibility index (Phi) is 5.48. The topological polar surface area (TPSA) is 55.1 Å². The predicted octanol–water partition coefficient (Wildman–Crippen LogP) is 3.00. The van der Waals surface area contributed by atoms with E-state index in [4.69, 9.17) is 5.73 Å². The molecule has 1 saturated carbocycles. The van der Waals surface area contributed by atoms with Crippen LogP contribution in [-0.4, -0.2) is 11.9 Å². The normalized spacial score (nSPS) is 22.9. The first-order chi connectivity index (χ1) is 8.16. The molecule has 1 aromatic carbocycles. The predicted molar refractivity (Wildman–Crippen MR) is 77.0 cm³/mol. The Labute approximate surface area is 115 Å². The Bertz CT molecular complexity index is 409. The maximum Gasteiger partial charge on any atom is 0.253 e. The molecule has 1 aliphatic rings. The van der Waals surface area contributed by atoms with Gasteiger partial charge in [-0.15, -0.1) is 12.4 Å². The van der Waals surface area contributed by atoms with Gasteiger partial charge in [0.1, 0.15) is 0 Å². The molecule has 1 amide bonds. The molecule has 1 aromatic rings. The number of nitrogen functional groups attached to an aromatic ring is 1. The number of hydrogen-bond acceptors (Lipinski definition) is 2. The minimum atomic E-state index is -0.0396. The fourth-order valence-corrected chi connectivity index (χ4v) is 2.53. The second-order valence-electron chi connectivity index (χ2n) is 5.03. The van der Waals surface area contributed by atoms with Crippen molar-refractivity contribution >= 4 is 24.0 Å². The van der Waals surface area contributed by atoms with E-state index in [1.807, 2.05) is 12.1 Å². The van der Waals surface area contributed by atoms with E-state index < -0.39 is 0 Å². The Balaban J connectivity index is 0.00000162. The van der Waals surface area contributed by atoms with Crippen LogP contribution in [0.1, 0.15) is 43.0 Å². The summed E-state index contributed by atoms with van der Waals surface area (Å²) in [5.41, 5.74) is 6.93. The van der Waals surface area contributed by atoms with Crippen molar-refractivity contribution in [3.63, 3.8) is 0 Å². The summed E-state index contributed by atoms with van der Waals surface area (Å²) >= 11 is 0. The fraction of sp³-hybridized carbons (Fsp3) is 0.500. The summed E-state index contributed by atoms with van der Waals surface area (Å²) in [7, 11) is 0. The number of rotatable bonds is 2. The molecule has 0 aliphatic heterocycles. The smallest absolute Gasteiger partial charge is 0.253 e. The zero-order valence-corrected chi connectivity index (χ0v) is 11.5. The molecule has 18 heavy (non-hydrogen) atoms. The van der Waals surface area contributed by atoms with E-state index in [0.717, 1.165) is 12.8 Å². The Morgan fingerprint density at radius 2 is 2.06 bits per heavy atom. The lowest BCUT2D eigenvalue weighted by atomic mass is 9.87. The first-order valence-electron chi connectivity index (χ1n) is 6.32. The highest BCUT2D eigenvalue weighted by Crippen LogP contribution is 2.24. The number of nitrogens with two attached hydrogens (primary N) is 1. The Morgan fingerprint density at radius 3 is 2.72 bits per heavy atom. The summed E-state index contributed by atoms with van der Waals surface area (Å²) in [4.78, 5) is 12.0. The highest BCUT2D eigenvalue weighted by Gasteiger charge is 2.21. The molecule has 0 spiro atoms. The van der Waals surface area contributed by atoms with Gasteiger partial charge >= 0.3 is 0 Å². The van der Waals surface area contributed by atoms with Crippen molar-refractivity contribution in [1.29, 1.82) is 0 Å². The van der Waals surface area contributed by atoms with Crippen molar-refractivity contribution in [2.45, 2.75) is 38.6 Å². The van der Waals surface area contributed by atoms with Gasteiger partial charge in [0.25, 0.3) is 5.91 Å². The molecule has 0 aromatic heterocycles. The molecule has 3 nitrogen and oxygen atoms in total. The van der Waals surface area contributed by atoms with Crippen LogP contribution in [0, 0.1) is 5.92 Å². The average Bonchev–Trinajstić information content (AvgIpc) is 2.29. The third-order valence-electron chi connectivity index (χ3n) is 3.48. The van der Waals surface area contributed by atoms with Crippen molar-refractivity contribution in [2.75, 3.05) is 5.73 Å². The van der Waals surface area contributed by atoms with Crippen LogP contribution in [0.3, 0.4) is 0 Å². The number of amides is 1. The summed E-state index contributed by atoms with van der Waals surface area (Å²) in [5, 5.41) is 3.09. The SMILES string of the molecule is CC1CCCC(NC(=O)c2ccccc2N)C1.Cl. The van der Waals surface area contributed by atoms with Crippen molar-refractivity contribution in [2.24, 2.45) is 5.92 Å². The van der Waals surface area contributed by atoms with Crippen LogP contribution in [0.2, 0.25) is 0 Å². The second kappa shape index (κ2) is 6.64. The van der Waals surface area contributed by atoms with Gasteiger partial charge < -0.3 is 11.1 Å². The first kappa shape index (κ1) is 14.8. The Morgan fingerprint density at radius 1 is 1.33 bits per heavy atom. The Hall–Kier alpha value is -1.22. The largest absolute Gasteiger partial charge is 0.398 e. The van der Waals surface area contributed by atoms with Gasteiger partial charge in [-0.1, -0.05) is 31.9 Å². The van der Waals surface area contributed by atoms with Crippen molar-refractivity contribution < 1.29 is 4.79 Å². The summed E-state index contributed by atoms with van der Waals surface area (Å²) in [6.07, 6.45) is 4.65. The number of anilines is 1. The zero-order valence-electron chi connectivity index (χ0n) is 10.7. The molecule has 0 saturated heterocycles. The zero-order chi connectivity index (χ0) is 12.3. The first-order valence-corrected chi connectivity index (χ1v) is 6.32. The summed E-state index contributed by atoms with van der Waals surface area (Å²) < 4.78 is 0. The monoisotopic (exact) mass is 268 g/mol. The number of hydrogen-bond donors (Lipinski definition) is 2. The summed E-state index contributed by atoms with van der Waals surface area (Å²) in [6.45, 7) is 2.25. The van der Waals surface area contributed by atoms with Crippen LogP contribution in [-0.2, 0) is 0 Å². The number of carbonyl (C=O) groups excluding carboxylic acids is 1. The van der Waals surface area contributed by atoms with E-state index in [9.17, 15) is 4.79 Å². The van der Waals surface area contributed by atoms with Gasteiger partial charge in [-0.05, 0) is 30.9 Å². The van der Waals surface area contributed by atoms with Gasteiger partial charge in [0.2, 0.25) is 0 Å². The fourth-order valence-electron chi connectivity index (χ4n) is 2.53. The number of nitrogens with one attached hydrogen (secondary N) is 1. The molecule has 2 atom stereocenters. The molecule has 1 aliphatic carbocycles. The molecule has 2 unspecified atom stereocenters. The van der Waals surface area contributed by atoms with Crippen LogP contribution in [0.5, 0.6) is 0 Å². The molecule has 3 N–H and O–H groups in total. The van der Waals surface area contributed by atoms with E-state index in [2.05, 4.69) is 12.2 Å². The summed E-state index contributed by atoms with van der Waals surface area (Å²) in [6, 6.07) is 7.53. The third-order valence-corrected chi connectivity index (χ3v) is 3.48. The maximum atomic E-state index is 12.0. The highest BCUT2D eigenvalue weighted by atomic mass is 35.5. The molecule has 4 heteroatoms. The van der Waals surface area contributed by atoms with E-state index in [1.165, 1.54) is 12.8 Å². The van der Waals surface area contributed by atoms with Crippen LogP contribution in [0.4, 0.5) is 5.69 Å². The molecule has 0 radical (unpaired) electrons. The van der Waals surface area contributed by atoms with E-state index in [-0.39, 0.29) is 18.3 Å². The molecular formula is C14H21ClN2O. The lowest BCUT2D eigenvalue weighted by molar-refractivity contribution is 0.0922. The van der Waals surface area contributed by atoms with Crippen LogP contribution in [0.15, 0.2) is 24.3 Å². The van der Waals surface area contributed by atoms with Crippen LogP contribution in [0.25, 0.3) is 0 Å². The van der Waals surface area contributed by atoms with Gasteiger partial charge in [0.05, 0.1) is 5.56 Å². The van der Waals surface area contributed by atoms with E-state index in [1.54, 1.807) is 12.1 Å². The quantitative estimate of drug-likeness (QED) is 0.810. The minimum absolute atomic E-state index is 0. The molecular weight excluding hydrogens is 248 g/mol. The van der Waals surface area contributed by atoms with Gasteiger partial charge in [0, 0.05) is 11.7 Å². The third kappa shape index (κ3) is 3.64. The lowest BCUT2D eigenvalue weighted by Crippen LogP contribution is -2.38. The average molecular weight is 269 g/mol. The van der Waals surface area contributed by atoms with Crippen LogP contribution >= 0.6 is 12.4 Å². The number of para-hydroxylation sites is 1. The molecule has 0 heterocycles. The van der Waals surface area contributed by atoms with Gasteiger partial charge in [-0.2, -0.15) is 0 Å². The maximum absolute atomic E-state index is 12.0. The van der Waals surface area contributed by atoms with Gasteiger partial charge in [-0.25, -0.2) is 0 Å². The number of halogens is 1. The standard InChI is InChI=1S/C14H20N2O.ClH/c1-10-5-4-6-11(9-10)16-14(17)12-7-2-3-8-13(12)15;/h2-3,7-8,10-11H,4-6,9,15H2,1H3,(H,16,17);1H. The molecule has 1 fully saturated rings. The van der Waals surface area contributed by atoms with Gasteiger partial charge in [0.15, 0.2) is 0 Å². The van der Waals surface area contributed by atoms with Gasteiger partial charge in [-0.3, -0.25) is 4.79 Å². The van der Waals surface area contributed by atoms with Crippen LogP contribution < -0.4 is 11.1 Å². The second-order valence-corrected chi connectivity index (χ2v) is 5.03.